The number of alkyl halides is 3. The molecule has 0 bridgehead atoms. The van der Waals surface area contributed by atoms with Gasteiger partial charge in [-0.15, -0.1) is 0 Å². The van der Waals surface area contributed by atoms with E-state index in [-0.39, 0.29) is 24.2 Å². The lowest BCUT2D eigenvalue weighted by atomic mass is 10.1. The molecule has 13 heteroatoms. The van der Waals surface area contributed by atoms with Gasteiger partial charge in [0.2, 0.25) is 5.91 Å². The van der Waals surface area contributed by atoms with Crippen molar-refractivity contribution >= 4 is 29.4 Å². The van der Waals surface area contributed by atoms with Crippen molar-refractivity contribution in [2.45, 2.75) is 12.6 Å². The van der Waals surface area contributed by atoms with Gasteiger partial charge in [0.15, 0.2) is 6.61 Å². The van der Waals surface area contributed by atoms with Crippen LogP contribution in [0.3, 0.4) is 0 Å². The Balaban J connectivity index is 1.52. The van der Waals surface area contributed by atoms with Crippen molar-refractivity contribution in [2.75, 3.05) is 32.7 Å². The third-order valence-corrected chi connectivity index (χ3v) is 5.13. The Morgan fingerprint density at radius 1 is 1.06 bits per heavy atom. The molecule has 0 unspecified atom stereocenters. The van der Waals surface area contributed by atoms with Gasteiger partial charge in [0.05, 0.1) is 32.2 Å². The fourth-order valence-corrected chi connectivity index (χ4v) is 3.32. The summed E-state index contributed by atoms with van der Waals surface area (Å²) < 4.78 is 53.5. The quantitative estimate of drug-likeness (QED) is 0.524. The monoisotopic (exact) mass is 509 g/mol. The molecule has 2 aromatic rings. The van der Waals surface area contributed by atoms with Crippen molar-refractivity contribution in [3.8, 4) is 11.5 Å². The van der Waals surface area contributed by atoms with Gasteiger partial charge in [-0.3, -0.25) is 29.6 Å². The molecule has 0 spiro atoms. The minimum atomic E-state index is -4.58. The summed E-state index contributed by atoms with van der Waals surface area (Å²) in [5, 5.41) is 3.17. The fourth-order valence-electron chi connectivity index (χ4n) is 3.32. The van der Waals surface area contributed by atoms with Gasteiger partial charge in [0.25, 0.3) is 11.8 Å². The molecule has 3 rings (SSSR count). The molecule has 3 amide bonds. The number of hydrazine groups is 1. The van der Waals surface area contributed by atoms with Crippen LogP contribution in [-0.4, -0.2) is 56.1 Å². The molecule has 1 aliphatic heterocycles. The Morgan fingerprint density at radius 2 is 1.72 bits per heavy atom. The number of hydrogen-bond donors (Lipinski definition) is 2. The summed E-state index contributed by atoms with van der Waals surface area (Å²) in [7, 11) is 2.83. The summed E-state index contributed by atoms with van der Waals surface area (Å²) in [5.74, 6) is -3.16. The molecular formula is C23H22F3N3O7. The van der Waals surface area contributed by atoms with Crippen molar-refractivity contribution in [3.63, 3.8) is 0 Å². The molecule has 0 radical (unpaired) electrons. The van der Waals surface area contributed by atoms with Gasteiger partial charge in [-0.2, -0.15) is 13.2 Å². The fraction of sp³-hybridized carbons (Fsp3) is 0.304. The summed E-state index contributed by atoms with van der Waals surface area (Å²) >= 11 is 0. The molecule has 0 aromatic heterocycles. The number of benzene rings is 2. The highest BCUT2D eigenvalue weighted by Crippen LogP contribution is 2.30. The van der Waals surface area contributed by atoms with Gasteiger partial charge in [-0.25, -0.2) is 0 Å². The third kappa shape index (κ3) is 6.64. The third-order valence-electron chi connectivity index (χ3n) is 5.13. The first kappa shape index (κ1) is 26.3. The van der Waals surface area contributed by atoms with Crippen molar-refractivity contribution in [3.05, 3.63) is 53.6 Å². The SMILES string of the molecule is COc1cc(OC)cc(C(=O)NN2C[C@@H](C(=O)OCC(=O)Nc3cccc(C(F)(F)F)c3)CC2=O)c1. The lowest BCUT2D eigenvalue weighted by Gasteiger charge is -2.18. The standard InChI is InChI=1S/C23H22F3N3O7/c1-34-17-6-13(7-18(10-17)35-2)21(32)28-29-11-14(8-20(29)31)22(33)36-12-19(30)27-16-5-3-4-15(9-16)23(24,25)26/h3-7,9-10,14H,8,11-12H2,1-2H3,(H,27,30)(H,28,32)/t14-/m0/s1. The first-order chi connectivity index (χ1) is 17.0. The number of anilines is 1. The van der Waals surface area contributed by atoms with Gasteiger partial charge >= 0.3 is 12.1 Å². The molecule has 10 nitrogen and oxygen atoms in total. The predicted octanol–water partition coefficient (Wildman–Crippen LogP) is 2.40. The van der Waals surface area contributed by atoms with Crippen LogP contribution in [0.2, 0.25) is 0 Å². The normalized spacial score (nSPS) is 15.3. The van der Waals surface area contributed by atoms with E-state index in [9.17, 15) is 32.3 Å². The molecular weight excluding hydrogens is 487 g/mol. The molecule has 1 fully saturated rings. The molecule has 2 N–H and O–H groups in total. The lowest BCUT2D eigenvalue weighted by Crippen LogP contribution is -2.43. The molecule has 36 heavy (non-hydrogen) atoms. The summed E-state index contributed by atoms with van der Waals surface area (Å²) in [6, 6.07) is 8.41. The van der Waals surface area contributed by atoms with Gasteiger partial charge in [0, 0.05) is 23.7 Å². The number of esters is 1. The molecule has 1 atom stereocenters. The van der Waals surface area contributed by atoms with Gasteiger partial charge < -0.3 is 19.5 Å². The van der Waals surface area contributed by atoms with Gasteiger partial charge in [0.1, 0.15) is 11.5 Å². The van der Waals surface area contributed by atoms with Crippen molar-refractivity contribution < 1.29 is 46.6 Å². The van der Waals surface area contributed by atoms with Crippen LogP contribution in [0.15, 0.2) is 42.5 Å². The van der Waals surface area contributed by atoms with Crippen LogP contribution < -0.4 is 20.2 Å². The topological polar surface area (TPSA) is 123 Å². The number of halogens is 3. The average molecular weight is 509 g/mol. The second-order valence-electron chi connectivity index (χ2n) is 7.68. The maximum Gasteiger partial charge on any atom is 0.416 e. The Kier molecular flexibility index (Phi) is 8.02. The van der Waals surface area contributed by atoms with E-state index in [4.69, 9.17) is 14.2 Å². The zero-order chi connectivity index (χ0) is 26.5. The van der Waals surface area contributed by atoms with Gasteiger partial charge in [-0.05, 0) is 30.3 Å². The van der Waals surface area contributed by atoms with Gasteiger partial charge in [-0.1, -0.05) is 6.07 Å². The molecule has 2 aromatic carbocycles. The largest absolute Gasteiger partial charge is 0.497 e. The first-order valence-electron chi connectivity index (χ1n) is 10.5. The Morgan fingerprint density at radius 3 is 2.33 bits per heavy atom. The van der Waals surface area contributed by atoms with Crippen molar-refractivity contribution in [2.24, 2.45) is 5.92 Å². The molecule has 0 saturated carbocycles. The van der Waals surface area contributed by atoms with Crippen LogP contribution in [0.25, 0.3) is 0 Å². The lowest BCUT2D eigenvalue weighted by molar-refractivity contribution is -0.151. The van der Waals surface area contributed by atoms with E-state index in [1.165, 1.54) is 32.4 Å². The summed E-state index contributed by atoms with van der Waals surface area (Å²) in [6.07, 6.45) is -4.85. The second-order valence-corrected chi connectivity index (χ2v) is 7.68. The van der Waals surface area contributed by atoms with E-state index in [1.54, 1.807) is 6.07 Å². The van der Waals surface area contributed by atoms with Crippen molar-refractivity contribution in [1.82, 2.24) is 10.4 Å². The van der Waals surface area contributed by atoms with Crippen LogP contribution in [0, 0.1) is 5.92 Å². The molecule has 1 saturated heterocycles. The number of ether oxygens (including phenoxy) is 3. The number of hydrogen-bond acceptors (Lipinski definition) is 7. The number of carbonyl (C=O) groups excluding carboxylic acids is 4. The van der Waals surface area contributed by atoms with Crippen LogP contribution in [0.5, 0.6) is 11.5 Å². The summed E-state index contributed by atoms with van der Waals surface area (Å²) in [6.45, 7) is -0.963. The van der Waals surface area contributed by atoms with E-state index in [0.717, 1.165) is 23.2 Å². The molecule has 1 heterocycles. The van der Waals surface area contributed by atoms with Crippen LogP contribution in [0.4, 0.5) is 18.9 Å². The number of amides is 3. The van der Waals surface area contributed by atoms with E-state index >= 15 is 0 Å². The van der Waals surface area contributed by atoms with Crippen LogP contribution in [-0.2, 0) is 25.3 Å². The highest BCUT2D eigenvalue weighted by Gasteiger charge is 2.37. The van der Waals surface area contributed by atoms with E-state index in [1.807, 2.05) is 0 Å². The molecule has 192 valence electrons. The first-order valence-corrected chi connectivity index (χ1v) is 10.5. The number of rotatable bonds is 8. The zero-order valence-corrected chi connectivity index (χ0v) is 19.2. The maximum atomic E-state index is 12.8. The van der Waals surface area contributed by atoms with E-state index < -0.39 is 48.0 Å². The zero-order valence-electron chi connectivity index (χ0n) is 19.2. The Hall–Kier alpha value is -4.29. The molecule has 1 aliphatic rings. The molecule has 0 aliphatic carbocycles. The van der Waals surface area contributed by atoms with E-state index in [2.05, 4.69) is 10.7 Å². The second kappa shape index (κ2) is 11.0. The highest BCUT2D eigenvalue weighted by molar-refractivity contribution is 5.97. The average Bonchev–Trinajstić information content (AvgIpc) is 3.21. The minimum absolute atomic E-state index is 0.120. The maximum absolute atomic E-state index is 12.8. The Bertz CT molecular complexity index is 1150. The Labute approximate surface area is 203 Å². The van der Waals surface area contributed by atoms with Crippen LogP contribution in [0.1, 0.15) is 22.3 Å². The number of nitrogens with one attached hydrogen (secondary N) is 2. The summed E-state index contributed by atoms with van der Waals surface area (Å²) in [4.78, 5) is 49.2. The minimum Gasteiger partial charge on any atom is -0.497 e. The number of nitrogens with zero attached hydrogens (tertiary/aromatic N) is 1. The van der Waals surface area contributed by atoms with Crippen LogP contribution >= 0.6 is 0 Å². The number of carbonyl (C=O) groups is 4. The summed E-state index contributed by atoms with van der Waals surface area (Å²) in [5.41, 5.74) is 1.48. The number of methoxy groups -OCH3 is 2. The smallest absolute Gasteiger partial charge is 0.416 e. The predicted molar refractivity (Wildman–Crippen MR) is 118 cm³/mol. The van der Waals surface area contributed by atoms with E-state index in [0.29, 0.717) is 11.5 Å². The highest BCUT2D eigenvalue weighted by atomic mass is 19.4. The van der Waals surface area contributed by atoms with Crippen molar-refractivity contribution in [1.29, 1.82) is 0 Å².